The van der Waals surface area contributed by atoms with E-state index in [4.69, 9.17) is 9.47 Å². The number of rotatable bonds is 5. The van der Waals surface area contributed by atoms with Gasteiger partial charge in [-0.05, 0) is 53.5 Å². The molecule has 0 aromatic carbocycles. The minimum Gasteiger partial charge on any atom is -0.457 e. The molecule has 0 spiro atoms. The zero-order chi connectivity index (χ0) is 18.4. The summed E-state index contributed by atoms with van der Waals surface area (Å²) in [6.45, 7) is 14.0. The second kappa shape index (κ2) is 8.13. The third-order valence-corrected chi connectivity index (χ3v) is 2.44. The molecule has 1 N–H and O–H groups in total. The van der Waals surface area contributed by atoms with Crippen molar-refractivity contribution in [1.82, 2.24) is 5.32 Å². The van der Waals surface area contributed by atoms with Gasteiger partial charge < -0.3 is 14.8 Å². The number of alkyl carbamates (subject to hydrolysis) is 1. The summed E-state index contributed by atoms with van der Waals surface area (Å²) in [7, 11) is 0. The predicted molar refractivity (Wildman–Crippen MR) is 88.0 cm³/mol. The molecule has 0 aliphatic rings. The quantitative estimate of drug-likeness (QED) is 0.620. The van der Waals surface area contributed by atoms with Crippen LogP contribution >= 0.6 is 0 Å². The van der Waals surface area contributed by atoms with Crippen LogP contribution in [-0.4, -0.2) is 35.1 Å². The van der Waals surface area contributed by atoms with Gasteiger partial charge in [-0.1, -0.05) is 13.8 Å². The van der Waals surface area contributed by atoms with E-state index >= 15 is 0 Å². The highest BCUT2D eigenvalue weighted by Gasteiger charge is 2.25. The third-order valence-electron chi connectivity index (χ3n) is 2.44. The van der Waals surface area contributed by atoms with Crippen molar-refractivity contribution in [3.8, 4) is 0 Å². The Hall–Kier alpha value is -1.85. The first-order valence-electron chi connectivity index (χ1n) is 7.65. The highest BCUT2D eigenvalue weighted by molar-refractivity contribution is 6.00. The summed E-state index contributed by atoms with van der Waals surface area (Å²) in [6, 6.07) is -0.775. The van der Waals surface area contributed by atoms with Crippen LogP contribution < -0.4 is 5.32 Å². The second-order valence-corrected chi connectivity index (χ2v) is 7.64. The lowest BCUT2D eigenvalue weighted by atomic mass is 10.00. The standard InChI is InChI=1S/C17H29NO5/c1-11(2)14(18-15(21)23-17(6,7)8)12(19)9-10-13(20)22-16(3,4)5/h9-11,14H,1-8H3,(H,18,21)/b10-9+/t14-/m0/s1. The fraction of sp³-hybridized carbons (Fsp3) is 0.706. The van der Waals surface area contributed by atoms with E-state index in [1.807, 2.05) is 0 Å². The molecule has 1 amide bonds. The summed E-state index contributed by atoms with van der Waals surface area (Å²) in [5.41, 5.74) is -1.28. The van der Waals surface area contributed by atoms with E-state index in [1.54, 1.807) is 55.4 Å². The predicted octanol–water partition coefficient (Wildman–Crippen LogP) is 3.00. The molecule has 0 fully saturated rings. The van der Waals surface area contributed by atoms with E-state index in [0.29, 0.717) is 0 Å². The van der Waals surface area contributed by atoms with E-state index in [9.17, 15) is 14.4 Å². The van der Waals surface area contributed by atoms with E-state index in [0.717, 1.165) is 12.2 Å². The number of amides is 1. The van der Waals surface area contributed by atoms with Gasteiger partial charge in [0.05, 0.1) is 6.04 Å². The second-order valence-electron chi connectivity index (χ2n) is 7.64. The molecule has 6 heteroatoms. The molecule has 6 nitrogen and oxygen atoms in total. The Kier molecular flexibility index (Phi) is 7.48. The summed E-state index contributed by atoms with van der Waals surface area (Å²) in [5.74, 6) is -1.15. The highest BCUT2D eigenvalue weighted by Crippen LogP contribution is 2.10. The maximum absolute atomic E-state index is 12.2. The van der Waals surface area contributed by atoms with Crippen LogP contribution in [0.5, 0.6) is 0 Å². The minimum atomic E-state index is -0.775. The summed E-state index contributed by atoms with van der Waals surface area (Å²) in [5, 5.41) is 2.53. The fourth-order valence-electron chi connectivity index (χ4n) is 1.59. The van der Waals surface area contributed by atoms with E-state index in [2.05, 4.69) is 5.32 Å². The van der Waals surface area contributed by atoms with Crippen LogP contribution in [0.2, 0.25) is 0 Å². The Bertz CT molecular complexity index is 466. The lowest BCUT2D eigenvalue weighted by molar-refractivity contribution is -0.148. The van der Waals surface area contributed by atoms with Gasteiger partial charge in [-0.25, -0.2) is 9.59 Å². The van der Waals surface area contributed by atoms with E-state index in [-0.39, 0.29) is 5.92 Å². The molecular weight excluding hydrogens is 298 g/mol. The van der Waals surface area contributed by atoms with Crippen molar-refractivity contribution >= 4 is 17.8 Å². The lowest BCUT2D eigenvalue weighted by Gasteiger charge is -2.24. The van der Waals surface area contributed by atoms with Crippen LogP contribution in [0, 0.1) is 5.92 Å². The first kappa shape index (κ1) is 21.1. The van der Waals surface area contributed by atoms with Gasteiger partial charge in [0.25, 0.3) is 0 Å². The van der Waals surface area contributed by atoms with Crippen molar-refractivity contribution < 1.29 is 23.9 Å². The van der Waals surface area contributed by atoms with Crippen LogP contribution in [0.1, 0.15) is 55.4 Å². The van der Waals surface area contributed by atoms with Gasteiger partial charge in [-0.15, -0.1) is 0 Å². The Balaban J connectivity index is 4.82. The third kappa shape index (κ3) is 10.5. The van der Waals surface area contributed by atoms with Gasteiger partial charge in [0, 0.05) is 6.08 Å². The summed E-state index contributed by atoms with van der Waals surface area (Å²) >= 11 is 0. The number of hydrogen-bond donors (Lipinski definition) is 1. The van der Waals surface area contributed by atoms with Gasteiger partial charge in [-0.3, -0.25) is 4.79 Å². The Morgan fingerprint density at radius 1 is 0.870 bits per heavy atom. The van der Waals surface area contributed by atoms with Gasteiger partial charge in [0.1, 0.15) is 11.2 Å². The molecule has 23 heavy (non-hydrogen) atoms. The van der Waals surface area contributed by atoms with Gasteiger partial charge in [-0.2, -0.15) is 0 Å². The number of carbonyl (C=O) groups is 3. The number of ether oxygens (including phenoxy) is 2. The van der Waals surface area contributed by atoms with Gasteiger partial charge >= 0.3 is 12.1 Å². The molecule has 0 aromatic rings. The van der Waals surface area contributed by atoms with Crippen LogP contribution in [0.3, 0.4) is 0 Å². The summed E-state index contributed by atoms with van der Waals surface area (Å²) in [6.07, 6.45) is 1.52. The molecule has 0 saturated heterocycles. The minimum absolute atomic E-state index is 0.154. The fourth-order valence-corrected chi connectivity index (χ4v) is 1.59. The average Bonchev–Trinajstić information content (AvgIpc) is 2.28. The molecule has 0 heterocycles. The number of esters is 1. The van der Waals surface area contributed by atoms with E-state index < -0.39 is 35.1 Å². The Morgan fingerprint density at radius 3 is 1.74 bits per heavy atom. The topological polar surface area (TPSA) is 81.7 Å². The SMILES string of the molecule is CC(C)[C@H](NC(=O)OC(C)(C)C)C(=O)/C=C/C(=O)OC(C)(C)C. The van der Waals surface area contributed by atoms with Crippen molar-refractivity contribution in [2.45, 2.75) is 72.6 Å². The first-order chi connectivity index (χ1) is 10.2. The highest BCUT2D eigenvalue weighted by atomic mass is 16.6. The molecule has 0 aliphatic carbocycles. The van der Waals surface area contributed by atoms with E-state index in [1.165, 1.54) is 0 Å². The lowest BCUT2D eigenvalue weighted by Crippen LogP contribution is -2.45. The number of nitrogens with one attached hydrogen (secondary N) is 1. The van der Waals surface area contributed by atoms with Crippen molar-refractivity contribution in [2.75, 3.05) is 0 Å². The largest absolute Gasteiger partial charge is 0.457 e. The molecule has 1 atom stereocenters. The van der Waals surface area contributed by atoms with Crippen LogP contribution in [0.15, 0.2) is 12.2 Å². The van der Waals surface area contributed by atoms with Gasteiger partial charge in [0.15, 0.2) is 5.78 Å². The average molecular weight is 327 g/mol. The number of hydrogen-bond acceptors (Lipinski definition) is 5. The molecule has 0 bridgehead atoms. The van der Waals surface area contributed by atoms with Gasteiger partial charge in [0.2, 0.25) is 0 Å². The Labute approximate surface area is 138 Å². The molecule has 0 radical (unpaired) electrons. The number of ketones is 1. The summed E-state index contributed by atoms with van der Waals surface area (Å²) in [4.78, 5) is 35.6. The zero-order valence-corrected chi connectivity index (χ0v) is 15.4. The number of carbonyl (C=O) groups excluding carboxylic acids is 3. The van der Waals surface area contributed by atoms with Crippen molar-refractivity contribution in [2.24, 2.45) is 5.92 Å². The van der Waals surface area contributed by atoms with Crippen molar-refractivity contribution in [3.63, 3.8) is 0 Å². The summed E-state index contributed by atoms with van der Waals surface area (Å²) < 4.78 is 10.2. The molecular formula is C17H29NO5. The van der Waals surface area contributed by atoms with Crippen LogP contribution in [0.4, 0.5) is 4.79 Å². The smallest absolute Gasteiger partial charge is 0.408 e. The van der Waals surface area contributed by atoms with Crippen LogP contribution in [-0.2, 0) is 19.1 Å². The maximum Gasteiger partial charge on any atom is 0.408 e. The molecule has 0 aliphatic heterocycles. The maximum atomic E-state index is 12.2. The molecule has 0 saturated carbocycles. The Morgan fingerprint density at radius 2 is 1.35 bits per heavy atom. The first-order valence-corrected chi connectivity index (χ1v) is 7.65. The van der Waals surface area contributed by atoms with Crippen molar-refractivity contribution in [1.29, 1.82) is 0 Å². The molecule has 0 aromatic heterocycles. The molecule has 0 unspecified atom stereocenters. The monoisotopic (exact) mass is 327 g/mol. The molecule has 0 rings (SSSR count). The van der Waals surface area contributed by atoms with Crippen LogP contribution in [0.25, 0.3) is 0 Å². The normalized spacial score (nSPS) is 13.8. The molecule has 132 valence electrons. The van der Waals surface area contributed by atoms with Crippen molar-refractivity contribution in [3.05, 3.63) is 12.2 Å². The zero-order valence-electron chi connectivity index (χ0n) is 15.4.